The summed E-state index contributed by atoms with van der Waals surface area (Å²) in [6.45, 7) is -1.16. The van der Waals surface area contributed by atoms with Gasteiger partial charge in [0, 0.05) is 17.3 Å². The molecule has 0 amide bonds. The van der Waals surface area contributed by atoms with Crippen molar-refractivity contribution in [2.75, 3.05) is 24.7 Å². The van der Waals surface area contributed by atoms with Gasteiger partial charge in [-0.05, 0) is 33.2 Å². The lowest BCUT2D eigenvalue weighted by atomic mass is 9.98. The van der Waals surface area contributed by atoms with Gasteiger partial charge >= 0.3 is 15.6 Å². The molecule has 0 aliphatic heterocycles. The summed E-state index contributed by atoms with van der Waals surface area (Å²) < 4.78 is 67.7. The summed E-state index contributed by atoms with van der Waals surface area (Å²) in [6.07, 6.45) is 0. The van der Waals surface area contributed by atoms with Crippen LogP contribution in [-0.4, -0.2) is 48.9 Å². The fourth-order valence-electron chi connectivity index (χ4n) is 3.43. The second-order valence-corrected chi connectivity index (χ2v) is 11.7. The molecule has 0 unspecified atom stereocenters. The van der Waals surface area contributed by atoms with Gasteiger partial charge in [0.25, 0.3) is 0 Å². The Kier molecular flexibility index (Phi) is 6.63. The molecule has 164 valence electrons. The van der Waals surface area contributed by atoms with Gasteiger partial charge in [0.1, 0.15) is 0 Å². The average Bonchev–Trinajstić information content (AvgIpc) is 2.67. The van der Waals surface area contributed by atoms with Gasteiger partial charge in [-0.2, -0.15) is 21.6 Å². The Hall–Kier alpha value is -1.85. The van der Waals surface area contributed by atoms with Crippen molar-refractivity contribution in [3.63, 3.8) is 0 Å². The largest absolute Gasteiger partial charge is 0.523 e. The molecule has 5 nitrogen and oxygen atoms in total. The van der Waals surface area contributed by atoms with Crippen LogP contribution in [0.1, 0.15) is 5.56 Å². The molecule has 3 aromatic rings. The maximum Gasteiger partial charge on any atom is 0.523 e. The summed E-state index contributed by atoms with van der Waals surface area (Å²) in [5, 5.41) is 22.2. The van der Waals surface area contributed by atoms with Crippen molar-refractivity contribution in [3.8, 4) is 0 Å². The monoisotopic (exact) mass is 462 g/mol. The third-order valence-electron chi connectivity index (χ3n) is 4.73. The van der Waals surface area contributed by atoms with Crippen LogP contribution < -0.4 is 0 Å². The maximum absolute atomic E-state index is 13.1. The summed E-state index contributed by atoms with van der Waals surface area (Å²) in [4.78, 5) is 0. The number of hydrogen-bond acceptors (Lipinski definition) is 5. The minimum absolute atomic E-state index is 0.161. The Morgan fingerprint density at radius 3 is 1.73 bits per heavy atom. The Balaban J connectivity index is 2.22. The normalized spacial score (nSPS) is 13.8. The van der Waals surface area contributed by atoms with Crippen molar-refractivity contribution in [1.82, 2.24) is 0 Å². The van der Waals surface area contributed by atoms with Crippen LogP contribution in [0.2, 0.25) is 0 Å². The highest BCUT2D eigenvalue weighted by Gasteiger charge is 2.51. The van der Waals surface area contributed by atoms with Crippen LogP contribution in [-0.2, 0) is 19.5 Å². The molecule has 2 N–H and O–H groups in total. The Labute approximate surface area is 173 Å². The van der Waals surface area contributed by atoms with Gasteiger partial charge < -0.3 is 10.2 Å². The first-order valence-corrected chi connectivity index (χ1v) is 12.5. The number of rotatable bonds is 8. The van der Waals surface area contributed by atoms with Crippen LogP contribution in [0, 0.1) is 0 Å². The topological polar surface area (TPSA) is 83.8 Å². The van der Waals surface area contributed by atoms with E-state index in [0.29, 0.717) is 5.56 Å². The zero-order valence-corrected chi connectivity index (χ0v) is 17.4. The first kappa shape index (κ1) is 22.8. The van der Waals surface area contributed by atoms with E-state index in [1.54, 1.807) is 24.3 Å². The van der Waals surface area contributed by atoms with Crippen molar-refractivity contribution < 1.29 is 35.4 Å². The molecule has 30 heavy (non-hydrogen) atoms. The van der Waals surface area contributed by atoms with Crippen LogP contribution in [0.4, 0.5) is 13.2 Å². The molecule has 10 heteroatoms. The van der Waals surface area contributed by atoms with E-state index in [-0.39, 0.29) is 17.3 Å². The third kappa shape index (κ3) is 4.57. The van der Waals surface area contributed by atoms with Gasteiger partial charge in [0.05, 0.1) is 13.2 Å². The van der Waals surface area contributed by atoms with Gasteiger partial charge in [-0.1, -0.05) is 48.5 Å². The molecule has 0 saturated carbocycles. The lowest BCUT2D eigenvalue weighted by Gasteiger charge is -2.38. The van der Waals surface area contributed by atoms with Crippen LogP contribution in [0.5, 0.6) is 0 Å². The fraction of sp³-hybridized carbons (Fsp3) is 0.300. The fourth-order valence-corrected chi connectivity index (χ4v) is 7.99. The van der Waals surface area contributed by atoms with Gasteiger partial charge in [-0.25, -0.2) is 3.63 Å². The highest BCUT2D eigenvalue weighted by molar-refractivity contribution is 8.32. The van der Waals surface area contributed by atoms with E-state index >= 15 is 0 Å². The second-order valence-electron chi connectivity index (χ2n) is 6.73. The molecule has 0 bridgehead atoms. The number of alkyl halides is 3. The quantitative estimate of drug-likeness (QED) is 0.390. The minimum Gasteiger partial charge on any atom is -0.395 e. The van der Waals surface area contributed by atoms with E-state index in [1.165, 1.54) is 0 Å². The van der Waals surface area contributed by atoms with Gasteiger partial charge in [-0.15, -0.1) is 10.3 Å². The van der Waals surface area contributed by atoms with Crippen molar-refractivity contribution in [2.24, 2.45) is 0 Å². The maximum atomic E-state index is 13.1. The van der Waals surface area contributed by atoms with E-state index in [4.69, 9.17) is 3.63 Å². The summed E-state index contributed by atoms with van der Waals surface area (Å²) in [7, 11) is -8.99. The van der Waals surface area contributed by atoms with Crippen LogP contribution in [0.25, 0.3) is 21.5 Å². The number of halogens is 3. The molecule has 0 aliphatic carbocycles. The summed E-state index contributed by atoms with van der Waals surface area (Å²) in [5.74, 6) is -0.799. The molecule has 0 spiro atoms. The molecule has 0 saturated heterocycles. The predicted molar refractivity (Wildman–Crippen MR) is 113 cm³/mol. The molecule has 0 heterocycles. The van der Waals surface area contributed by atoms with Crippen LogP contribution in [0.3, 0.4) is 0 Å². The number of aliphatic hydroxyl groups excluding tert-OH is 2. The molecular weight excluding hydrogens is 441 g/mol. The molecule has 0 atom stereocenters. The molecule has 3 aromatic carbocycles. The van der Waals surface area contributed by atoms with E-state index in [2.05, 4.69) is 0 Å². The van der Waals surface area contributed by atoms with E-state index in [9.17, 15) is 31.8 Å². The third-order valence-corrected chi connectivity index (χ3v) is 9.84. The summed E-state index contributed by atoms with van der Waals surface area (Å²) >= 11 is 0. The zero-order chi connectivity index (χ0) is 22.0. The van der Waals surface area contributed by atoms with Gasteiger partial charge in [0.2, 0.25) is 0 Å². The number of benzene rings is 3. The van der Waals surface area contributed by atoms with E-state index in [1.807, 2.05) is 30.3 Å². The van der Waals surface area contributed by atoms with Crippen molar-refractivity contribution in [1.29, 1.82) is 0 Å². The SMILES string of the molecule is O=S(=O)(OS(CCO)(CCO)Cc1c2ccccc2cc2ccccc12)C(F)(F)F. The second kappa shape index (κ2) is 8.72. The average molecular weight is 463 g/mol. The Bertz CT molecular complexity index is 1090. The predicted octanol–water partition coefficient (Wildman–Crippen LogP) is 4.06. The number of fused-ring (bicyclic) bond motifs is 2. The molecular formula is C20H21F3O5S2. The molecule has 0 aliphatic rings. The minimum atomic E-state index is -5.91. The van der Waals surface area contributed by atoms with Crippen LogP contribution >= 0.6 is 10.3 Å². The van der Waals surface area contributed by atoms with Crippen molar-refractivity contribution >= 4 is 42.0 Å². The Morgan fingerprint density at radius 1 is 0.833 bits per heavy atom. The van der Waals surface area contributed by atoms with E-state index in [0.717, 1.165) is 21.5 Å². The van der Waals surface area contributed by atoms with Gasteiger partial charge in [0.15, 0.2) is 0 Å². The molecule has 0 fully saturated rings. The first-order chi connectivity index (χ1) is 14.1. The smallest absolute Gasteiger partial charge is 0.395 e. The molecule has 3 rings (SSSR count). The molecule has 0 radical (unpaired) electrons. The summed E-state index contributed by atoms with van der Waals surface area (Å²) in [6, 6.07) is 16.5. The number of hydrogen-bond donors (Lipinski definition) is 2. The summed E-state index contributed by atoms with van der Waals surface area (Å²) in [5.41, 5.74) is -4.98. The van der Waals surface area contributed by atoms with E-state index < -0.39 is 39.1 Å². The standard InChI is InChI=1S/C20H21F3O5S2/c21-20(22,23)30(26,27)28-29(11-9-24,12-10-25)14-19-17-7-3-1-5-15(17)13-16-6-2-4-8-18(16)19/h1-8,13,24-25H,9-12,14H2. The highest BCUT2D eigenvalue weighted by Crippen LogP contribution is 2.56. The highest BCUT2D eigenvalue weighted by atomic mass is 32.3. The zero-order valence-electron chi connectivity index (χ0n) is 15.8. The van der Waals surface area contributed by atoms with Crippen molar-refractivity contribution in [3.05, 3.63) is 60.2 Å². The van der Waals surface area contributed by atoms with Crippen LogP contribution in [0.15, 0.2) is 54.6 Å². The Morgan fingerprint density at radius 2 is 1.30 bits per heavy atom. The number of aliphatic hydroxyl groups is 2. The molecule has 0 aromatic heterocycles. The first-order valence-electron chi connectivity index (χ1n) is 9.02. The lowest BCUT2D eigenvalue weighted by molar-refractivity contribution is -0.0496. The lowest BCUT2D eigenvalue weighted by Crippen LogP contribution is -2.31. The van der Waals surface area contributed by atoms with Gasteiger partial charge in [-0.3, -0.25) is 0 Å². The van der Waals surface area contributed by atoms with Crippen molar-refractivity contribution in [2.45, 2.75) is 11.3 Å².